The van der Waals surface area contributed by atoms with Crippen LogP contribution in [0, 0.1) is 6.92 Å². The predicted octanol–water partition coefficient (Wildman–Crippen LogP) is 2.82. The van der Waals surface area contributed by atoms with E-state index >= 15 is 0 Å². The van der Waals surface area contributed by atoms with E-state index in [-0.39, 0.29) is 18.2 Å². The molecule has 0 aliphatic rings. The van der Waals surface area contributed by atoms with Crippen molar-refractivity contribution in [3.8, 4) is 0 Å². The molecule has 0 unspecified atom stereocenters. The summed E-state index contributed by atoms with van der Waals surface area (Å²) >= 11 is 5.72. The Kier molecular flexibility index (Phi) is 4.70. The maximum atomic E-state index is 12.2. The van der Waals surface area contributed by atoms with E-state index in [1.54, 1.807) is 19.9 Å². The highest BCUT2D eigenvalue weighted by molar-refractivity contribution is 6.29. The molecule has 17 heavy (non-hydrogen) atoms. The molecule has 0 N–H and O–H groups in total. The van der Waals surface area contributed by atoms with Crippen LogP contribution in [0.25, 0.3) is 0 Å². The van der Waals surface area contributed by atoms with E-state index in [2.05, 4.69) is 9.97 Å². The van der Waals surface area contributed by atoms with E-state index in [0.29, 0.717) is 11.5 Å². The third-order valence-electron chi connectivity index (χ3n) is 2.08. The van der Waals surface area contributed by atoms with E-state index in [4.69, 9.17) is 11.6 Å². The number of rotatable bonds is 4. The summed E-state index contributed by atoms with van der Waals surface area (Å²) in [7, 11) is 0. The average molecular weight is 268 g/mol. The summed E-state index contributed by atoms with van der Waals surface area (Å²) in [4.78, 5) is 9.16. The van der Waals surface area contributed by atoms with Crippen molar-refractivity contribution in [3.05, 3.63) is 22.7 Å². The predicted molar refractivity (Wildman–Crippen MR) is 58.8 cm³/mol. The summed E-state index contributed by atoms with van der Waals surface area (Å²) in [6.07, 6.45) is -4.22. The van der Waals surface area contributed by atoms with E-state index in [1.165, 1.54) is 4.90 Å². The third-order valence-corrected chi connectivity index (χ3v) is 2.28. The van der Waals surface area contributed by atoms with Gasteiger partial charge in [-0.1, -0.05) is 18.5 Å². The fraction of sp³-hybridized carbons (Fsp3) is 0.600. The molecule has 0 aliphatic heterocycles. The molecule has 7 heteroatoms. The highest BCUT2D eigenvalue weighted by Crippen LogP contribution is 2.17. The fourth-order valence-corrected chi connectivity index (χ4v) is 1.65. The maximum Gasteiger partial charge on any atom is 0.401 e. The number of alkyl halides is 3. The van der Waals surface area contributed by atoms with Gasteiger partial charge in [0.25, 0.3) is 0 Å². The van der Waals surface area contributed by atoms with Gasteiger partial charge in [0.05, 0.1) is 13.1 Å². The van der Waals surface area contributed by atoms with Crippen LogP contribution in [-0.4, -0.2) is 34.1 Å². The largest absolute Gasteiger partial charge is 0.401 e. The molecule has 96 valence electrons. The Morgan fingerprint density at radius 2 is 2.00 bits per heavy atom. The summed E-state index contributed by atoms with van der Waals surface area (Å²) in [6, 6.07) is 1.56. The molecule has 1 rings (SSSR count). The molecule has 0 saturated carbocycles. The Balaban J connectivity index is 2.73. The zero-order chi connectivity index (χ0) is 13.1. The van der Waals surface area contributed by atoms with E-state index in [9.17, 15) is 13.2 Å². The van der Waals surface area contributed by atoms with Gasteiger partial charge in [-0.15, -0.1) is 0 Å². The van der Waals surface area contributed by atoms with Crippen LogP contribution < -0.4 is 0 Å². The topological polar surface area (TPSA) is 29.0 Å². The quantitative estimate of drug-likeness (QED) is 0.786. The van der Waals surface area contributed by atoms with Crippen molar-refractivity contribution < 1.29 is 13.2 Å². The van der Waals surface area contributed by atoms with Gasteiger partial charge in [-0.25, -0.2) is 9.97 Å². The number of aromatic nitrogens is 2. The Hall–Kier alpha value is -0.880. The maximum absolute atomic E-state index is 12.2. The second-order valence-electron chi connectivity index (χ2n) is 3.67. The lowest BCUT2D eigenvalue weighted by molar-refractivity contribution is -0.146. The van der Waals surface area contributed by atoms with Gasteiger partial charge in [-0.2, -0.15) is 13.2 Å². The average Bonchev–Trinajstić information content (AvgIpc) is 2.12. The highest BCUT2D eigenvalue weighted by atomic mass is 35.5. The van der Waals surface area contributed by atoms with Gasteiger partial charge in [-0.05, 0) is 19.5 Å². The molecule has 0 spiro atoms. The SMILES string of the molecule is CCN(Cc1nc(C)cc(Cl)n1)CC(F)(F)F. The van der Waals surface area contributed by atoms with Crippen LogP contribution in [-0.2, 0) is 6.54 Å². The molecule has 0 atom stereocenters. The summed E-state index contributed by atoms with van der Waals surface area (Å²) in [5.41, 5.74) is 0.642. The van der Waals surface area contributed by atoms with Crippen LogP contribution in [0.4, 0.5) is 13.2 Å². The van der Waals surface area contributed by atoms with Crippen LogP contribution in [0.15, 0.2) is 6.07 Å². The van der Waals surface area contributed by atoms with Crippen molar-refractivity contribution in [2.45, 2.75) is 26.6 Å². The Bertz CT molecular complexity index is 361. The lowest BCUT2D eigenvalue weighted by Crippen LogP contribution is -2.34. The summed E-state index contributed by atoms with van der Waals surface area (Å²) in [5, 5.41) is 0.246. The van der Waals surface area contributed by atoms with Crippen molar-refractivity contribution in [2.24, 2.45) is 0 Å². The molecular weight excluding hydrogens is 255 g/mol. The Labute approximate surface area is 103 Å². The minimum atomic E-state index is -4.22. The van der Waals surface area contributed by atoms with Crippen LogP contribution in [0.1, 0.15) is 18.4 Å². The summed E-state index contributed by atoms with van der Waals surface area (Å²) in [5.74, 6) is 0.307. The van der Waals surface area contributed by atoms with E-state index < -0.39 is 12.7 Å². The lowest BCUT2D eigenvalue weighted by Gasteiger charge is -2.21. The van der Waals surface area contributed by atoms with Crippen molar-refractivity contribution in [2.75, 3.05) is 13.1 Å². The van der Waals surface area contributed by atoms with E-state index in [0.717, 1.165) is 0 Å². The zero-order valence-corrected chi connectivity index (χ0v) is 10.3. The molecule has 0 radical (unpaired) electrons. The zero-order valence-electron chi connectivity index (χ0n) is 9.55. The van der Waals surface area contributed by atoms with Crippen LogP contribution in [0.2, 0.25) is 5.15 Å². The summed E-state index contributed by atoms with van der Waals surface area (Å²) < 4.78 is 36.7. The molecule has 3 nitrogen and oxygen atoms in total. The molecule has 1 aromatic heterocycles. The van der Waals surface area contributed by atoms with Gasteiger partial charge in [0.15, 0.2) is 0 Å². The van der Waals surface area contributed by atoms with Crippen molar-refractivity contribution >= 4 is 11.6 Å². The molecule has 1 aromatic rings. The van der Waals surface area contributed by atoms with Gasteiger partial charge < -0.3 is 0 Å². The monoisotopic (exact) mass is 267 g/mol. The molecule has 0 fully saturated rings. The number of aryl methyl sites for hydroxylation is 1. The molecule has 0 aromatic carbocycles. The molecule has 0 aliphatic carbocycles. The first-order chi connectivity index (χ1) is 7.80. The standard InChI is InChI=1S/C10H13ClF3N3/c1-3-17(6-10(12,13)14)5-9-15-7(2)4-8(11)16-9/h4H,3,5-6H2,1-2H3. The van der Waals surface area contributed by atoms with Crippen molar-refractivity contribution in [3.63, 3.8) is 0 Å². The number of hydrogen-bond donors (Lipinski definition) is 0. The first-order valence-corrected chi connectivity index (χ1v) is 5.47. The smallest absolute Gasteiger partial charge is 0.288 e. The van der Waals surface area contributed by atoms with Gasteiger partial charge in [0.1, 0.15) is 11.0 Å². The van der Waals surface area contributed by atoms with Gasteiger partial charge in [0.2, 0.25) is 0 Å². The van der Waals surface area contributed by atoms with Crippen LogP contribution in [0.5, 0.6) is 0 Å². The van der Waals surface area contributed by atoms with E-state index in [1.807, 2.05) is 0 Å². The Morgan fingerprint density at radius 3 is 2.47 bits per heavy atom. The number of hydrogen-bond acceptors (Lipinski definition) is 3. The number of halogens is 4. The molecule has 0 amide bonds. The van der Waals surface area contributed by atoms with Crippen molar-refractivity contribution in [1.29, 1.82) is 0 Å². The summed E-state index contributed by atoms with van der Waals surface area (Å²) in [6.45, 7) is 2.71. The van der Waals surface area contributed by atoms with Gasteiger partial charge in [-0.3, -0.25) is 4.90 Å². The number of nitrogens with zero attached hydrogens (tertiary/aromatic N) is 3. The highest BCUT2D eigenvalue weighted by Gasteiger charge is 2.30. The molecule has 0 saturated heterocycles. The normalized spacial score (nSPS) is 12.2. The van der Waals surface area contributed by atoms with Crippen LogP contribution >= 0.6 is 11.6 Å². The van der Waals surface area contributed by atoms with Crippen LogP contribution in [0.3, 0.4) is 0 Å². The third kappa shape index (κ3) is 5.32. The molecule has 1 heterocycles. The van der Waals surface area contributed by atoms with Gasteiger partial charge in [0, 0.05) is 5.69 Å². The molecular formula is C10H13ClF3N3. The molecule has 0 bridgehead atoms. The second-order valence-corrected chi connectivity index (χ2v) is 4.05. The first kappa shape index (κ1) is 14.2. The fourth-order valence-electron chi connectivity index (χ4n) is 1.39. The minimum absolute atomic E-state index is 0.0391. The minimum Gasteiger partial charge on any atom is -0.288 e. The second kappa shape index (κ2) is 5.64. The Morgan fingerprint density at radius 1 is 1.35 bits per heavy atom. The lowest BCUT2D eigenvalue weighted by atomic mass is 10.4. The van der Waals surface area contributed by atoms with Gasteiger partial charge >= 0.3 is 6.18 Å². The first-order valence-electron chi connectivity index (χ1n) is 5.09. The van der Waals surface area contributed by atoms with Crippen molar-refractivity contribution in [1.82, 2.24) is 14.9 Å².